The van der Waals surface area contributed by atoms with Gasteiger partial charge in [-0.2, -0.15) is 0 Å². The van der Waals surface area contributed by atoms with E-state index in [0.29, 0.717) is 18.7 Å². The van der Waals surface area contributed by atoms with Crippen LogP contribution in [0.3, 0.4) is 0 Å². The third-order valence-electron chi connectivity index (χ3n) is 3.81. The van der Waals surface area contributed by atoms with Gasteiger partial charge in [-0.1, -0.05) is 0 Å². The van der Waals surface area contributed by atoms with E-state index in [2.05, 4.69) is 0 Å². The average Bonchev–Trinajstić information content (AvgIpc) is 2.96. The van der Waals surface area contributed by atoms with E-state index in [0.717, 1.165) is 0 Å². The minimum Gasteiger partial charge on any atom is -0.341 e. The molecule has 1 aromatic heterocycles. The monoisotopic (exact) mass is 298 g/mol. The van der Waals surface area contributed by atoms with E-state index in [9.17, 15) is 13.2 Å². The molecule has 1 atom stereocenters. The van der Waals surface area contributed by atoms with E-state index < -0.39 is 9.84 Å². The fourth-order valence-corrected chi connectivity index (χ4v) is 4.49. The van der Waals surface area contributed by atoms with E-state index in [1.165, 1.54) is 0 Å². The highest BCUT2D eigenvalue weighted by Gasteiger charge is 2.34. The van der Waals surface area contributed by atoms with Crippen molar-refractivity contribution in [3.8, 4) is 0 Å². The Hall–Kier alpha value is -1.30. The van der Waals surface area contributed by atoms with Crippen molar-refractivity contribution in [3.63, 3.8) is 0 Å². The van der Waals surface area contributed by atoms with Crippen LogP contribution < -0.4 is 0 Å². The summed E-state index contributed by atoms with van der Waals surface area (Å²) in [4.78, 5) is 14.4. The Balaban J connectivity index is 2.24. The van der Waals surface area contributed by atoms with Crippen molar-refractivity contribution in [2.45, 2.75) is 39.3 Å². The fraction of sp³-hybridized carbons (Fsp3) is 0.643. The fourth-order valence-electron chi connectivity index (χ4n) is 2.76. The van der Waals surface area contributed by atoms with Gasteiger partial charge < -0.3 is 9.47 Å². The molecule has 1 aliphatic rings. The molecule has 6 heteroatoms. The highest BCUT2D eigenvalue weighted by Crippen LogP contribution is 2.21. The number of nitrogens with zero attached hydrogens (tertiary/aromatic N) is 2. The Morgan fingerprint density at radius 3 is 2.70 bits per heavy atom. The number of aromatic nitrogens is 1. The van der Waals surface area contributed by atoms with Crippen LogP contribution >= 0.6 is 0 Å². The molecule has 112 valence electrons. The van der Waals surface area contributed by atoms with E-state index >= 15 is 0 Å². The van der Waals surface area contributed by atoms with Crippen LogP contribution in [-0.4, -0.2) is 47.9 Å². The maximum Gasteiger partial charge on any atom is 0.270 e. The molecule has 0 aromatic carbocycles. The van der Waals surface area contributed by atoms with Gasteiger partial charge in [-0.25, -0.2) is 8.42 Å². The predicted octanol–water partition coefficient (Wildman–Crippen LogP) is 1.72. The maximum absolute atomic E-state index is 12.7. The van der Waals surface area contributed by atoms with Crippen LogP contribution in [0.2, 0.25) is 0 Å². The molecular weight excluding hydrogens is 276 g/mol. The number of hydrogen-bond acceptors (Lipinski definition) is 3. The molecule has 2 heterocycles. The second-order valence-electron chi connectivity index (χ2n) is 5.54. The van der Waals surface area contributed by atoms with Crippen LogP contribution in [0.4, 0.5) is 0 Å². The number of amides is 1. The van der Waals surface area contributed by atoms with Crippen molar-refractivity contribution in [2.75, 3.05) is 18.1 Å². The van der Waals surface area contributed by atoms with Crippen LogP contribution in [0.25, 0.3) is 0 Å². The molecule has 0 bridgehead atoms. The predicted molar refractivity (Wildman–Crippen MR) is 78.6 cm³/mol. The summed E-state index contributed by atoms with van der Waals surface area (Å²) in [5, 5.41) is 0. The summed E-state index contributed by atoms with van der Waals surface area (Å²) in [6, 6.07) is 3.67. The standard InChI is InChI=1S/C14H22N2O3S/c1-4-15(12-7-9-20(18,19)10-12)14(17)13-6-5-8-16(13)11(2)3/h5-6,8,11-12H,4,7,9-10H2,1-3H3. The molecule has 0 spiro atoms. The van der Waals surface area contributed by atoms with Gasteiger partial charge in [0.15, 0.2) is 9.84 Å². The molecule has 0 radical (unpaired) electrons. The lowest BCUT2D eigenvalue weighted by molar-refractivity contribution is 0.0695. The van der Waals surface area contributed by atoms with Crippen molar-refractivity contribution < 1.29 is 13.2 Å². The molecule has 0 N–H and O–H groups in total. The van der Waals surface area contributed by atoms with Crippen molar-refractivity contribution >= 4 is 15.7 Å². The molecule has 1 aromatic rings. The first kappa shape index (κ1) is 15.1. The van der Waals surface area contributed by atoms with Gasteiger partial charge in [-0.15, -0.1) is 0 Å². The average molecular weight is 298 g/mol. The lowest BCUT2D eigenvalue weighted by atomic mass is 10.2. The summed E-state index contributed by atoms with van der Waals surface area (Å²) in [6.45, 7) is 6.47. The zero-order chi connectivity index (χ0) is 14.9. The normalized spacial score (nSPS) is 21.3. The molecule has 1 fully saturated rings. The zero-order valence-electron chi connectivity index (χ0n) is 12.2. The number of hydrogen-bond donors (Lipinski definition) is 0. The first-order valence-corrected chi connectivity index (χ1v) is 8.86. The Kier molecular flexibility index (Phi) is 4.22. The number of rotatable bonds is 4. The van der Waals surface area contributed by atoms with Gasteiger partial charge in [-0.05, 0) is 39.3 Å². The number of carbonyl (C=O) groups excluding carboxylic acids is 1. The van der Waals surface area contributed by atoms with Crippen molar-refractivity contribution in [2.24, 2.45) is 0 Å². The number of sulfone groups is 1. The lowest BCUT2D eigenvalue weighted by Gasteiger charge is -2.27. The van der Waals surface area contributed by atoms with Gasteiger partial charge in [0.1, 0.15) is 5.69 Å². The zero-order valence-corrected chi connectivity index (χ0v) is 13.1. The second kappa shape index (κ2) is 5.60. The molecule has 20 heavy (non-hydrogen) atoms. The molecule has 0 aliphatic carbocycles. The van der Waals surface area contributed by atoms with Gasteiger partial charge >= 0.3 is 0 Å². The quantitative estimate of drug-likeness (QED) is 0.850. The molecule has 0 saturated carbocycles. The smallest absolute Gasteiger partial charge is 0.270 e. The summed E-state index contributed by atoms with van der Waals surface area (Å²) < 4.78 is 25.1. The van der Waals surface area contributed by atoms with Crippen LogP contribution in [0.1, 0.15) is 43.7 Å². The topological polar surface area (TPSA) is 59.4 Å². The lowest BCUT2D eigenvalue weighted by Crippen LogP contribution is -2.41. The second-order valence-corrected chi connectivity index (χ2v) is 7.77. The molecule has 2 rings (SSSR count). The molecule has 1 aliphatic heterocycles. The molecule has 1 saturated heterocycles. The SMILES string of the molecule is CCN(C(=O)c1cccn1C(C)C)C1CCS(=O)(=O)C1. The van der Waals surface area contributed by atoms with Crippen molar-refractivity contribution in [3.05, 3.63) is 24.0 Å². The van der Waals surface area contributed by atoms with E-state index in [-0.39, 0.29) is 29.5 Å². The summed E-state index contributed by atoms with van der Waals surface area (Å²) in [6.07, 6.45) is 2.43. The summed E-state index contributed by atoms with van der Waals surface area (Å²) in [5.74, 6) is 0.204. The van der Waals surface area contributed by atoms with Gasteiger partial charge in [0.05, 0.1) is 11.5 Å². The summed E-state index contributed by atoms with van der Waals surface area (Å²) >= 11 is 0. The first-order valence-electron chi connectivity index (χ1n) is 7.04. The Bertz CT molecular complexity index is 589. The van der Waals surface area contributed by atoms with Crippen LogP contribution in [0.15, 0.2) is 18.3 Å². The van der Waals surface area contributed by atoms with Gasteiger partial charge in [0.2, 0.25) is 0 Å². The van der Waals surface area contributed by atoms with E-state index in [1.54, 1.807) is 11.0 Å². The third kappa shape index (κ3) is 2.90. The largest absolute Gasteiger partial charge is 0.341 e. The number of carbonyl (C=O) groups is 1. The van der Waals surface area contributed by atoms with E-state index in [4.69, 9.17) is 0 Å². The third-order valence-corrected chi connectivity index (χ3v) is 5.56. The molecule has 5 nitrogen and oxygen atoms in total. The molecule has 1 unspecified atom stereocenters. The molecular formula is C14H22N2O3S. The Morgan fingerprint density at radius 2 is 2.20 bits per heavy atom. The summed E-state index contributed by atoms with van der Waals surface area (Å²) in [5.41, 5.74) is 0.631. The van der Waals surface area contributed by atoms with Crippen LogP contribution in [0.5, 0.6) is 0 Å². The van der Waals surface area contributed by atoms with Gasteiger partial charge in [0, 0.05) is 24.8 Å². The maximum atomic E-state index is 12.7. The molecule has 1 amide bonds. The van der Waals surface area contributed by atoms with E-state index in [1.807, 2.05) is 37.6 Å². The Morgan fingerprint density at radius 1 is 1.50 bits per heavy atom. The minimum atomic E-state index is -2.98. The van der Waals surface area contributed by atoms with Crippen molar-refractivity contribution in [1.29, 1.82) is 0 Å². The first-order chi connectivity index (χ1) is 9.35. The van der Waals surface area contributed by atoms with Gasteiger partial charge in [0.25, 0.3) is 5.91 Å². The summed E-state index contributed by atoms with van der Waals surface area (Å²) in [7, 11) is -2.98. The van der Waals surface area contributed by atoms with Crippen LogP contribution in [-0.2, 0) is 9.84 Å². The van der Waals surface area contributed by atoms with Crippen molar-refractivity contribution in [1.82, 2.24) is 9.47 Å². The highest BCUT2D eigenvalue weighted by atomic mass is 32.2. The van der Waals surface area contributed by atoms with Crippen LogP contribution in [0, 0.1) is 0 Å². The Labute approximate surface area is 120 Å². The van der Waals surface area contributed by atoms with Gasteiger partial charge in [-0.3, -0.25) is 4.79 Å². The minimum absolute atomic E-state index is 0.0756. The highest BCUT2D eigenvalue weighted by molar-refractivity contribution is 7.91.